The van der Waals surface area contributed by atoms with Gasteiger partial charge in [-0.25, -0.2) is 4.79 Å². The molecule has 5 nitrogen and oxygen atoms in total. The molecule has 1 N–H and O–H groups in total. The molecule has 1 rings (SSSR count). The van der Waals surface area contributed by atoms with E-state index in [1.807, 2.05) is 0 Å². The molecule has 0 saturated heterocycles. The Morgan fingerprint density at radius 1 is 1.45 bits per heavy atom. The molecule has 1 heterocycles. The van der Waals surface area contributed by atoms with Gasteiger partial charge in [0.15, 0.2) is 0 Å². The maximum atomic E-state index is 11.9. The molecular weight excluding hydrogens is 324 g/mol. The van der Waals surface area contributed by atoms with Crippen LogP contribution in [0.3, 0.4) is 0 Å². The van der Waals surface area contributed by atoms with Gasteiger partial charge < -0.3 is 14.8 Å². The SMILES string of the molecule is CC(C)(C)OC(=O)N[C@@](C)(CC=O)c1cc(Br)ccn1. The molecule has 6 heteroatoms. The second-order valence-electron chi connectivity index (χ2n) is 5.69. The van der Waals surface area contributed by atoms with Crippen LogP contribution in [0.5, 0.6) is 0 Å². The summed E-state index contributed by atoms with van der Waals surface area (Å²) in [5.41, 5.74) is -0.921. The van der Waals surface area contributed by atoms with Crippen LogP contribution < -0.4 is 5.32 Å². The van der Waals surface area contributed by atoms with Gasteiger partial charge in [-0.05, 0) is 39.8 Å². The van der Waals surface area contributed by atoms with Crippen molar-refractivity contribution < 1.29 is 14.3 Å². The molecule has 0 spiro atoms. The van der Waals surface area contributed by atoms with Gasteiger partial charge in [0.25, 0.3) is 0 Å². The number of hydrogen-bond acceptors (Lipinski definition) is 4. The average Bonchev–Trinajstić information content (AvgIpc) is 2.26. The summed E-state index contributed by atoms with van der Waals surface area (Å²) in [6.07, 6.45) is 1.89. The van der Waals surface area contributed by atoms with E-state index in [1.165, 1.54) is 0 Å². The minimum Gasteiger partial charge on any atom is -0.444 e. The number of nitrogens with zero attached hydrogens (tertiary/aromatic N) is 1. The molecule has 1 aromatic heterocycles. The Morgan fingerprint density at radius 3 is 2.60 bits per heavy atom. The molecule has 0 radical (unpaired) electrons. The molecule has 0 unspecified atom stereocenters. The normalized spacial score (nSPS) is 14.2. The highest BCUT2D eigenvalue weighted by molar-refractivity contribution is 9.10. The molecule has 1 aromatic rings. The largest absolute Gasteiger partial charge is 0.444 e. The third-order valence-electron chi connectivity index (χ3n) is 2.56. The van der Waals surface area contributed by atoms with Gasteiger partial charge in [-0.2, -0.15) is 0 Å². The topological polar surface area (TPSA) is 68.3 Å². The van der Waals surface area contributed by atoms with Crippen LogP contribution in [0.1, 0.15) is 39.8 Å². The van der Waals surface area contributed by atoms with Gasteiger partial charge in [0.2, 0.25) is 0 Å². The molecule has 110 valence electrons. The molecule has 0 aromatic carbocycles. The third kappa shape index (κ3) is 4.92. The maximum absolute atomic E-state index is 11.9. The molecule has 0 bridgehead atoms. The number of aldehydes is 1. The number of alkyl carbamates (subject to hydrolysis) is 1. The number of carbonyl (C=O) groups excluding carboxylic acids is 2. The van der Waals surface area contributed by atoms with Gasteiger partial charge in [0.1, 0.15) is 11.9 Å². The van der Waals surface area contributed by atoms with Gasteiger partial charge in [-0.3, -0.25) is 4.98 Å². The number of hydrogen-bond donors (Lipinski definition) is 1. The molecule has 1 amide bonds. The van der Waals surface area contributed by atoms with Crippen LogP contribution in [0.15, 0.2) is 22.8 Å². The monoisotopic (exact) mass is 342 g/mol. The van der Waals surface area contributed by atoms with Crippen LogP contribution in [0, 0.1) is 0 Å². The Morgan fingerprint density at radius 2 is 2.10 bits per heavy atom. The standard InChI is InChI=1S/C14H19BrN2O3/c1-13(2,3)20-12(19)17-14(4,6-8-18)11-9-10(15)5-7-16-11/h5,7-9H,6H2,1-4H3,(H,17,19)/t14-/m0/s1. The van der Waals surface area contributed by atoms with Crippen molar-refractivity contribution in [2.45, 2.75) is 45.3 Å². The van der Waals surface area contributed by atoms with Gasteiger partial charge in [0.05, 0.1) is 11.2 Å². The predicted octanol–water partition coefficient (Wildman–Crippen LogP) is 3.17. The zero-order valence-corrected chi connectivity index (χ0v) is 13.7. The predicted molar refractivity (Wildman–Crippen MR) is 79.3 cm³/mol. The van der Waals surface area contributed by atoms with E-state index in [2.05, 4.69) is 26.2 Å². The summed E-state index contributed by atoms with van der Waals surface area (Å²) in [6.45, 7) is 7.07. The first-order valence-corrected chi connectivity index (χ1v) is 7.02. The van der Waals surface area contributed by atoms with E-state index >= 15 is 0 Å². The first-order valence-electron chi connectivity index (χ1n) is 6.23. The molecule has 0 fully saturated rings. The van der Waals surface area contributed by atoms with Crippen LogP contribution in [0.25, 0.3) is 0 Å². The van der Waals surface area contributed by atoms with Crippen molar-refractivity contribution in [3.8, 4) is 0 Å². The van der Waals surface area contributed by atoms with Crippen molar-refractivity contribution in [3.05, 3.63) is 28.5 Å². The summed E-state index contributed by atoms with van der Waals surface area (Å²) >= 11 is 3.35. The number of pyridine rings is 1. The lowest BCUT2D eigenvalue weighted by atomic mass is 9.94. The average molecular weight is 343 g/mol. The quantitative estimate of drug-likeness (QED) is 0.853. The molecule has 0 saturated carbocycles. The summed E-state index contributed by atoms with van der Waals surface area (Å²) < 4.78 is 6.05. The van der Waals surface area contributed by atoms with Crippen molar-refractivity contribution in [1.82, 2.24) is 10.3 Å². The molecule has 1 atom stereocenters. The van der Waals surface area contributed by atoms with Crippen molar-refractivity contribution in [1.29, 1.82) is 0 Å². The Hall–Kier alpha value is -1.43. The number of nitrogens with one attached hydrogen (secondary N) is 1. The molecule has 0 aliphatic carbocycles. The zero-order chi connectivity index (χ0) is 15.4. The van der Waals surface area contributed by atoms with Crippen LogP contribution >= 0.6 is 15.9 Å². The van der Waals surface area contributed by atoms with Gasteiger partial charge in [-0.1, -0.05) is 15.9 Å². The number of rotatable bonds is 4. The molecule has 20 heavy (non-hydrogen) atoms. The Kier molecular flexibility index (Phi) is 5.28. The van der Waals surface area contributed by atoms with Crippen molar-refractivity contribution >= 4 is 28.3 Å². The van der Waals surface area contributed by atoms with Crippen LogP contribution in [0.4, 0.5) is 4.79 Å². The van der Waals surface area contributed by atoms with E-state index in [1.54, 1.807) is 46.0 Å². The highest BCUT2D eigenvalue weighted by Crippen LogP contribution is 2.25. The Labute approximate surface area is 127 Å². The fourth-order valence-electron chi connectivity index (χ4n) is 1.62. The van der Waals surface area contributed by atoms with Crippen molar-refractivity contribution in [2.24, 2.45) is 0 Å². The smallest absolute Gasteiger partial charge is 0.408 e. The van der Waals surface area contributed by atoms with Gasteiger partial charge in [0, 0.05) is 17.1 Å². The van der Waals surface area contributed by atoms with Crippen LogP contribution in [0.2, 0.25) is 0 Å². The van der Waals surface area contributed by atoms with E-state index in [0.717, 1.165) is 10.8 Å². The van der Waals surface area contributed by atoms with Gasteiger partial charge in [-0.15, -0.1) is 0 Å². The second-order valence-corrected chi connectivity index (χ2v) is 6.60. The second kappa shape index (κ2) is 6.35. The first-order chi connectivity index (χ1) is 9.16. The highest BCUT2D eigenvalue weighted by Gasteiger charge is 2.32. The fourth-order valence-corrected chi connectivity index (χ4v) is 1.96. The minimum absolute atomic E-state index is 0.107. The zero-order valence-electron chi connectivity index (χ0n) is 12.1. The summed E-state index contributed by atoms with van der Waals surface area (Å²) in [4.78, 5) is 27.1. The lowest BCUT2D eigenvalue weighted by Gasteiger charge is -2.30. The molecule has 0 aliphatic rings. The van der Waals surface area contributed by atoms with E-state index in [9.17, 15) is 9.59 Å². The molecule has 0 aliphatic heterocycles. The van der Waals surface area contributed by atoms with E-state index in [0.29, 0.717) is 5.69 Å². The molecular formula is C14H19BrN2O3. The van der Waals surface area contributed by atoms with E-state index < -0.39 is 17.2 Å². The van der Waals surface area contributed by atoms with E-state index in [-0.39, 0.29) is 6.42 Å². The highest BCUT2D eigenvalue weighted by atomic mass is 79.9. The van der Waals surface area contributed by atoms with Crippen molar-refractivity contribution in [3.63, 3.8) is 0 Å². The first kappa shape index (κ1) is 16.6. The van der Waals surface area contributed by atoms with Crippen molar-refractivity contribution in [2.75, 3.05) is 0 Å². The number of carbonyl (C=O) groups is 2. The number of halogens is 1. The van der Waals surface area contributed by atoms with Gasteiger partial charge >= 0.3 is 6.09 Å². The Balaban J connectivity index is 2.98. The number of aromatic nitrogens is 1. The summed E-state index contributed by atoms with van der Waals surface area (Å²) in [5, 5.41) is 2.72. The summed E-state index contributed by atoms with van der Waals surface area (Å²) in [5.74, 6) is 0. The van der Waals surface area contributed by atoms with E-state index in [4.69, 9.17) is 4.74 Å². The van der Waals surface area contributed by atoms with Crippen LogP contribution in [-0.4, -0.2) is 23.0 Å². The number of amides is 1. The van der Waals surface area contributed by atoms with Crippen LogP contribution in [-0.2, 0) is 15.1 Å². The lowest BCUT2D eigenvalue weighted by Crippen LogP contribution is -2.46. The lowest BCUT2D eigenvalue weighted by molar-refractivity contribution is -0.109. The minimum atomic E-state index is -0.909. The summed E-state index contributed by atoms with van der Waals surface area (Å²) in [6, 6.07) is 3.54. The fraction of sp³-hybridized carbons (Fsp3) is 0.500. The maximum Gasteiger partial charge on any atom is 0.408 e. The summed E-state index contributed by atoms with van der Waals surface area (Å²) in [7, 11) is 0. The number of ether oxygens (including phenoxy) is 1. The third-order valence-corrected chi connectivity index (χ3v) is 3.05. The Bertz CT molecular complexity index is 499.